The Morgan fingerprint density at radius 3 is 3.00 bits per heavy atom. The molecule has 0 aromatic carbocycles. The standard InChI is InChI=1S/C16H23N3O/c1-19(13-15-9-5-6-11-17-15)16(20)18-12-10-14-7-3-2-4-8-14/h5-7,9,11H,2-4,8,10,12-13H2,1H3,(H,18,20). The van der Waals surface area contributed by atoms with Gasteiger partial charge in [-0.15, -0.1) is 0 Å². The van der Waals surface area contributed by atoms with E-state index in [1.807, 2.05) is 18.2 Å². The number of carbonyl (C=O) groups excluding carboxylic acids is 1. The van der Waals surface area contributed by atoms with Crippen molar-refractivity contribution in [2.24, 2.45) is 0 Å². The zero-order valence-electron chi connectivity index (χ0n) is 12.1. The summed E-state index contributed by atoms with van der Waals surface area (Å²) in [5.41, 5.74) is 2.39. The molecule has 2 rings (SSSR count). The Kier molecular flexibility index (Phi) is 5.59. The molecule has 0 saturated carbocycles. The van der Waals surface area contributed by atoms with E-state index in [0.717, 1.165) is 18.7 Å². The van der Waals surface area contributed by atoms with E-state index in [2.05, 4.69) is 16.4 Å². The van der Waals surface area contributed by atoms with E-state index in [1.54, 1.807) is 18.1 Å². The Morgan fingerprint density at radius 1 is 1.40 bits per heavy atom. The zero-order chi connectivity index (χ0) is 14.2. The van der Waals surface area contributed by atoms with Crippen LogP contribution in [0.25, 0.3) is 0 Å². The van der Waals surface area contributed by atoms with Gasteiger partial charge in [-0.3, -0.25) is 4.98 Å². The van der Waals surface area contributed by atoms with Crippen molar-refractivity contribution in [3.8, 4) is 0 Å². The minimum Gasteiger partial charge on any atom is -0.338 e. The molecule has 1 heterocycles. The quantitative estimate of drug-likeness (QED) is 0.838. The van der Waals surface area contributed by atoms with Gasteiger partial charge in [0.15, 0.2) is 0 Å². The second-order valence-electron chi connectivity index (χ2n) is 5.27. The van der Waals surface area contributed by atoms with Crippen LogP contribution < -0.4 is 5.32 Å². The first-order valence-electron chi connectivity index (χ1n) is 7.32. The number of nitrogens with one attached hydrogen (secondary N) is 1. The normalized spacial score (nSPS) is 14.6. The fourth-order valence-electron chi connectivity index (χ4n) is 2.40. The van der Waals surface area contributed by atoms with Crippen LogP contribution in [0.3, 0.4) is 0 Å². The molecule has 2 amide bonds. The average Bonchev–Trinajstić information content (AvgIpc) is 2.49. The number of hydrogen-bond donors (Lipinski definition) is 1. The third kappa shape index (κ3) is 4.68. The zero-order valence-corrected chi connectivity index (χ0v) is 12.1. The highest BCUT2D eigenvalue weighted by molar-refractivity contribution is 5.73. The molecule has 108 valence electrons. The van der Waals surface area contributed by atoms with Gasteiger partial charge in [0.2, 0.25) is 0 Å². The van der Waals surface area contributed by atoms with Crippen molar-refractivity contribution in [1.29, 1.82) is 0 Å². The average molecular weight is 273 g/mol. The lowest BCUT2D eigenvalue weighted by molar-refractivity contribution is 0.206. The third-order valence-electron chi connectivity index (χ3n) is 3.58. The summed E-state index contributed by atoms with van der Waals surface area (Å²) in [6.45, 7) is 1.26. The van der Waals surface area contributed by atoms with Gasteiger partial charge in [-0.25, -0.2) is 4.79 Å². The Hall–Kier alpha value is -1.84. The third-order valence-corrected chi connectivity index (χ3v) is 3.58. The highest BCUT2D eigenvalue weighted by Gasteiger charge is 2.09. The van der Waals surface area contributed by atoms with Crippen molar-refractivity contribution in [2.75, 3.05) is 13.6 Å². The molecule has 1 aromatic heterocycles. The van der Waals surface area contributed by atoms with Gasteiger partial charge in [0.25, 0.3) is 0 Å². The molecule has 1 N–H and O–H groups in total. The fourth-order valence-corrected chi connectivity index (χ4v) is 2.40. The fraction of sp³-hybridized carbons (Fsp3) is 0.500. The lowest BCUT2D eigenvalue weighted by Crippen LogP contribution is -2.37. The van der Waals surface area contributed by atoms with Gasteiger partial charge in [-0.2, -0.15) is 0 Å². The largest absolute Gasteiger partial charge is 0.338 e. The molecule has 1 aliphatic carbocycles. The van der Waals surface area contributed by atoms with Crippen molar-refractivity contribution in [1.82, 2.24) is 15.2 Å². The molecule has 0 saturated heterocycles. The number of aromatic nitrogens is 1. The minimum atomic E-state index is -0.0351. The summed E-state index contributed by atoms with van der Waals surface area (Å²) >= 11 is 0. The van der Waals surface area contributed by atoms with E-state index in [4.69, 9.17) is 0 Å². The van der Waals surface area contributed by atoms with E-state index in [-0.39, 0.29) is 6.03 Å². The second kappa shape index (κ2) is 7.68. The van der Waals surface area contributed by atoms with E-state index in [9.17, 15) is 4.79 Å². The number of pyridine rings is 1. The van der Waals surface area contributed by atoms with Crippen molar-refractivity contribution in [3.05, 3.63) is 41.7 Å². The van der Waals surface area contributed by atoms with Gasteiger partial charge in [0.1, 0.15) is 0 Å². The summed E-state index contributed by atoms with van der Waals surface area (Å²) in [4.78, 5) is 17.8. The number of nitrogens with zero attached hydrogens (tertiary/aromatic N) is 2. The van der Waals surface area contributed by atoms with Gasteiger partial charge < -0.3 is 10.2 Å². The van der Waals surface area contributed by atoms with Crippen molar-refractivity contribution >= 4 is 6.03 Å². The van der Waals surface area contributed by atoms with Crippen LogP contribution >= 0.6 is 0 Å². The topological polar surface area (TPSA) is 45.2 Å². The Balaban J connectivity index is 1.70. The molecule has 1 aliphatic rings. The number of urea groups is 1. The number of amides is 2. The van der Waals surface area contributed by atoms with Gasteiger partial charge in [0, 0.05) is 19.8 Å². The molecular formula is C16H23N3O. The van der Waals surface area contributed by atoms with E-state index >= 15 is 0 Å². The van der Waals surface area contributed by atoms with Crippen LogP contribution in [0.4, 0.5) is 4.79 Å². The predicted octanol–water partition coefficient (Wildman–Crippen LogP) is 3.11. The molecule has 4 heteroatoms. The first kappa shape index (κ1) is 14.6. The molecule has 0 fully saturated rings. The molecular weight excluding hydrogens is 250 g/mol. The predicted molar refractivity (Wildman–Crippen MR) is 80.3 cm³/mol. The highest BCUT2D eigenvalue weighted by Crippen LogP contribution is 2.19. The molecule has 0 atom stereocenters. The lowest BCUT2D eigenvalue weighted by atomic mass is 9.97. The molecule has 1 aromatic rings. The number of rotatable bonds is 5. The first-order chi connectivity index (χ1) is 9.75. The molecule has 0 spiro atoms. The molecule has 0 aliphatic heterocycles. The van der Waals surface area contributed by atoms with Crippen LogP contribution in [0.15, 0.2) is 36.0 Å². The van der Waals surface area contributed by atoms with E-state index < -0.39 is 0 Å². The van der Waals surface area contributed by atoms with Gasteiger partial charge in [-0.1, -0.05) is 17.7 Å². The van der Waals surface area contributed by atoms with Crippen molar-refractivity contribution in [3.63, 3.8) is 0 Å². The van der Waals surface area contributed by atoms with Gasteiger partial charge >= 0.3 is 6.03 Å². The highest BCUT2D eigenvalue weighted by atomic mass is 16.2. The summed E-state index contributed by atoms with van der Waals surface area (Å²) < 4.78 is 0. The number of carbonyl (C=O) groups is 1. The van der Waals surface area contributed by atoms with Crippen LogP contribution in [0.1, 0.15) is 37.8 Å². The van der Waals surface area contributed by atoms with Gasteiger partial charge in [0.05, 0.1) is 12.2 Å². The molecule has 20 heavy (non-hydrogen) atoms. The van der Waals surface area contributed by atoms with E-state index in [0.29, 0.717) is 6.54 Å². The summed E-state index contributed by atoms with van der Waals surface area (Å²) in [5, 5.41) is 2.97. The van der Waals surface area contributed by atoms with E-state index in [1.165, 1.54) is 31.3 Å². The lowest BCUT2D eigenvalue weighted by Gasteiger charge is -2.18. The van der Waals surface area contributed by atoms with Crippen molar-refractivity contribution < 1.29 is 4.79 Å². The maximum atomic E-state index is 12.0. The van der Waals surface area contributed by atoms with Crippen LogP contribution in [0.5, 0.6) is 0 Å². The van der Waals surface area contributed by atoms with Crippen LogP contribution in [-0.4, -0.2) is 29.5 Å². The van der Waals surface area contributed by atoms with Crippen LogP contribution in [0, 0.1) is 0 Å². The van der Waals surface area contributed by atoms with Crippen LogP contribution in [0.2, 0.25) is 0 Å². The first-order valence-corrected chi connectivity index (χ1v) is 7.32. The minimum absolute atomic E-state index is 0.0351. The molecule has 0 unspecified atom stereocenters. The van der Waals surface area contributed by atoms with Crippen LogP contribution in [-0.2, 0) is 6.54 Å². The number of allylic oxidation sites excluding steroid dienone is 1. The maximum Gasteiger partial charge on any atom is 0.317 e. The smallest absolute Gasteiger partial charge is 0.317 e. The summed E-state index contributed by atoms with van der Waals surface area (Å²) in [6, 6.07) is 5.70. The molecule has 0 bridgehead atoms. The number of hydrogen-bond acceptors (Lipinski definition) is 2. The Bertz CT molecular complexity index is 456. The van der Waals surface area contributed by atoms with Gasteiger partial charge in [-0.05, 0) is 44.2 Å². The molecule has 0 radical (unpaired) electrons. The monoisotopic (exact) mass is 273 g/mol. The van der Waals surface area contributed by atoms with Crippen molar-refractivity contribution in [2.45, 2.75) is 38.6 Å². The Morgan fingerprint density at radius 2 is 2.30 bits per heavy atom. The second-order valence-corrected chi connectivity index (χ2v) is 5.27. The summed E-state index contributed by atoms with van der Waals surface area (Å²) in [6.07, 6.45) is 10.0. The maximum absolute atomic E-state index is 12.0. The SMILES string of the molecule is CN(Cc1ccccn1)C(=O)NCCC1=CCCCC1. The Labute approximate surface area is 120 Å². The summed E-state index contributed by atoms with van der Waals surface area (Å²) in [5.74, 6) is 0. The summed E-state index contributed by atoms with van der Waals surface area (Å²) in [7, 11) is 1.80. The molecule has 4 nitrogen and oxygen atoms in total.